The number of hydrogen-bond acceptors (Lipinski definition) is 7. The highest BCUT2D eigenvalue weighted by Crippen LogP contribution is 2.26. The van der Waals surface area contributed by atoms with Crippen molar-refractivity contribution < 1.29 is 13.2 Å². The summed E-state index contributed by atoms with van der Waals surface area (Å²) in [6.45, 7) is 2.75. The smallest absolute Gasteiger partial charge is 0.238 e. The van der Waals surface area contributed by atoms with Gasteiger partial charge in [0.15, 0.2) is 5.82 Å². The highest BCUT2D eigenvalue weighted by Gasteiger charge is 2.17. The highest BCUT2D eigenvalue weighted by molar-refractivity contribution is 7.89. The number of sulfonamides is 1. The molecule has 4 rings (SSSR count). The first-order valence-corrected chi connectivity index (χ1v) is 9.65. The number of nitrogens with zero attached hydrogens (tertiary/aromatic N) is 4. The summed E-state index contributed by atoms with van der Waals surface area (Å²) in [6.07, 6.45) is 1.52. The minimum Gasteiger partial charge on any atom is -0.378 e. The summed E-state index contributed by atoms with van der Waals surface area (Å²) in [5.41, 5.74) is 2.70. The molecule has 0 aliphatic carbocycles. The second kappa shape index (κ2) is 6.60. The molecule has 1 aliphatic heterocycles. The van der Waals surface area contributed by atoms with Gasteiger partial charge in [-0.05, 0) is 24.3 Å². The molecule has 0 bridgehead atoms. The Kier molecular flexibility index (Phi) is 4.27. The molecule has 1 saturated heterocycles. The van der Waals surface area contributed by atoms with Crippen LogP contribution in [-0.2, 0) is 14.8 Å². The molecule has 0 radical (unpaired) electrons. The Hall–Kier alpha value is -2.62. The van der Waals surface area contributed by atoms with Gasteiger partial charge in [-0.3, -0.25) is 0 Å². The van der Waals surface area contributed by atoms with E-state index in [1.807, 2.05) is 6.07 Å². The van der Waals surface area contributed by atoms with E-state index in [0.717, 1.165) is 24.4 Å². The summed E-state index contributed by atoms with van der Waals surface area (Å²) in [7, 11) is -3.78. The number of hydrogen-bond donors (Lipinski definition) is 1. The monoisotopic (exact) mass is 371 g/mol. The van der Waals surface area contributed by atoms with E-state index in [0.29, 0.717) is 30.0 Å². The third-order valence-electron chi connectivity index (χ3n) is 4.23. The van der Waals surface area contributed by atoms with Crippen molar-refractivity contribution in [1.82, 2.24) is 15.0 Å². The van der Waals surface area contributed by atoms with Crippen LogP contribution in [0, 0.1) is 0 Å². The number of anilines is 1. The fraction of sp³-hybridized carbons (Fsp3) is 0.235. The van der Waals surface area contributed by atoms with Gasteiger partial charge in [0.05, 0.1) is 29.3 Å². The predicted molar refractivity (Wildman–Crippen MR) is 97.2 cm³/mol. The largest absolute Gasteiger partial charge is 0.378 e. The SMILES string of the molecule is NS(=O)(=O)c1cccc(-c2ccc3ncnc(N4CCOCC4)c3n2)c1. The molecular weight excluding hydrogens is 354 g/mol. The van der Waals surface area contributed by atoms with Gasteiger partial charge >= 0.3 is 0 Å². The lowest BCUT2D eigenvalue weighted by atomic mass is 10.1. The Bertz CT molecular complexity index is 1060. The second-order valence-electron chi connectivity index (χ2n) is 5.93. The van der Waals surface area contributed by atoms with E-state index < -0.39 is 10.0 Å². The highest BCUT2D eigenvalue weighted by atomic mass is 32.2. The maximum atomic E-state index is 11.6. The van der Waals surface area contributed by atoms with Crippen molar-refractivity contribution in [3.8, 4) is 11.3 Å². The van der Waals surface area contributed by atoms with Gasteiger partial charge in [-0.2, -0.15) is 0 Å². The van der Waals surface area contributed by atoms with Gasteiger partial charge in [-0.15, -0.1) is 0 Å². The molecule has 0 spiro atoms. The van der Waals surface area contributed by atoms with Crippen LogP contribution in [0.1, 0.15) is 0 Å². The van der Waals surface area contributed by atoms with Crippen molar-refractivity contribution in [3.63, 3.8) is 0 Å². The first kappa shape index (κ1) is 16.8. The molecule has 1 aliphatic rings. The molecule has 2 aromatic heterocycles. The van der Waals surface area contributed by atoms with Gasteiger partial charge in [0.2, 0.25) is 10.0 Å². The molecule has 0 unspecified atom stereocenters. The molecular formula is C17H17N5O3S. The molecule has 0 amide bonds. The molecule has 8 nitrogen and oxygen atoms in total. The van der Waals surface area contributed by atoms with Crippen molar-refractivity contribution in [2.75, 3.05) is 31.2 Å². The topological polar surface area (TPSA) is 111 Å². The number of morpholine rings is 1. The zero-order valence-corrected chi connectivity index (χ0v) is 14.7. The maximum absolute atomic E-state index is 11.6. The second-order valence-corrected chi connectivity index (χ2v) is 7.50. The van der Waals surface area contributed by atoms with E-state index in [1.54, 1.807) is 18.2 Å². The zero-order valence-electron chi connectivity index (χ0n) is 13.9. The fourth-order valence-corrected chi connectivity index (χ4v) is 3.49. The van der Waals surface area contributed by atoms with E-state index in [2.05, 4.69) is 14.9 Å². The van der Waals surface area contributed by atoms with Gasteiger partial charge in [0.1, 0.15) is 11.8 Å². The molecule has 1 fully saturated rings. The zero-order chi connectivity index (χ0) is 18.1. The van der Waals surface area contributed by atoms with E-state index in [4.69, 9.17) is 14.9 Å². The number of fused-ring (bicyclic) bond motifs is 1. The van der Waals surface area contributed by atoms with E-state index in [9.17, 15) is 8.42 Å². The van der Waals surface area contributed by atoms with Crippen molar-refractivity contribution in [3.05, 3.63) is 42.7 Å². The summed E-state index contributed by atoms with van der Waals surface area (Å²) in [6, 6.07) is 10.1. The lowest BCUT2D eigenvalue weighted by Gasteiger charge is -2.28. The Morgan fingerprint density at radius 1 is 1.08 bits per heavy atom. The van der Waals surface area contributed by atoms with Crippen LogP contribution in [0.5, 0.6) is 0 Å². The summed E-state index contributed by atoms with van der Waals surface area (Å²) in [4.78, 5) is 15.6. The summed E-state index contributed by atoms with van der Waals surface area (Å²) < 4.78 is 28.6. The molecule has 0 saturated carbocycles. The molecule has 0 atom stereocenters. The number of nitrogens with two attached hydrogens (primary N) is 1. The third kappa shape index (κ3) is 3.24. The Morgan fingerprint density at radius 3 is 2.65 bits per heavy atom. The van der Waals surface area contributed by atoms with Crippen molar-refractivity contribution in [2.24, 2.45) is 5.14 Å². The van der Waals surface area contributed by atoms with Crippen molar-refractivity contribution >= 4 is 26.9 Å². The van der Waals surface area contributed by atoms with Crippen LogP contribution in [0.3, 0.4) is 0 Å². The average molecular weight is 371 g/mol. The van der Waals surface area contributed by atoms with Gasteiger partial charge in [-0.1, -0.05) is 12.1 Å². The Labute approximate surface area is 150 Å². The van der Waals surface area contributed by atoms with Crippen LogP contribution < -0.4 is 10.0 Å². The fourth-order valence-electron chi connectivity index (χ4n) is 2.93. The quantitative estimate of drug-likeness (QED) is 0.736. The van der Waals surface area contributed by atoms with Gasteiger partial charge < -0.3 is 9.64 Å². The van der Waals surface area contributed by atoms with Crippen LogP contribution in [-0.4, -0.2) is 49.7 Å². The van der Waals surface area contributed by atoms with E-state index in [-0.39, 0.29) is 4.90 Å². The molecule has 134 valence electrons. The van der Waals surface area contributed by atoms with Gasteiger partial charge in [0, 0.05) is 18.7 Å². The summed E-state index contributed by atoms with van der Waals surface area (Å²) in [5.74, 6) is 0.753. The molecule has 26 heavy (non-hydrogen) atoms. The van der Waals surface area contributed by atoms with Crippen molar-refractivity contribution in [1.29, 1.82) is 0 Å². The maximum Gasteiger partial charge on any atom is 0.238 e. The van der Waals surface area contributed by atoms with Gasteiger partial charge in [-0.25, -0.2) is 28.5 Å². The minimum absolute atomic E-state index is 0.0506. The van der Waals surface area contributed by atoms with Crippen LogP contribution in [0.4, 0.5) is 5.82 Å². The first-order valence-electron chi connectivity index (χ1n) is 8.10. The summed E-state index contributed by atoms with van der Waals surface area (Å²) in [5, 5.41) is 5.23. The van der Waals surface area contributed by atoms with Crippen LogP contribution in [0.2, 0.25) is 0 Å². The molecule has 2 N–H and O–H groups in total. The number of aromatic nitrogens is 3. The number of benzene rings is 1. The van der Waals surface area contributed by atoms with E-state index >= 15 is 0 Å². The van der Waals surface area contributed by atoms with Crippen molar-refractivity contribution in [2.45, 2.75) is 4.90 Å². The number of rotatable bonds is 3. The molecule has 3 heterocycles. The number of primary sulfonamides is 1. The normalized spacial score (nSPS) is 15.3. The van der Waals surface area contributed by atoms with Crippen LogP contribution >= 0.6 is 0 Å². The first-order chi connectivity index (χ1) is 12.5. The lowest BCUT2D eigenvalue weighted by Crippen LogP contribution is -2.37. The van der Waals surface area contributed by atoms with Crippen LogP contribution in [0.15, 0.2) is 47.6 Å². The molecule has 9 heteroatoms. The van der Waals surface area contributed by atoms with Crippen LogP contribution in [0.25, 0.3) is 22.3 Å². The summed E-state index contributed by atoms with van der Waals surface area (Å²) >= 11 is 0. The molecule has 3 aromatic rings. The Morgan fingerprint density at radius 2 is 1.88 bits per heavy atom. The average Bonchev–Trinajstić information content (AvgIpc) is 2.67. The van der Waals surface area contributed by atoms with E-state index in [1.165, 1.54) is 18.5 Å². The Balaban J connectivity index is 1.82. The predicted octanol–water partition coefficient (Wildman–Crippen LogP) is 1.18. The number of pyridine rings is 1. The molecule has 1 aromatic carbocycles. The standard InChI is InChI=1S/C17H17N5O3S/c18-26(23,24)13-3-1-2-12(10-13)14-4-5-15-16(21-14)17(20-11-19-15)22-6-8-25-9-7-22/h1-5,10-11H,6-9H2,(H2,18,23,24). The lowest BCUT2D eigenvalue weighted by molar-refractivity contribution is 0.122. The number of ether oxygens (including phenoxy) is 1. The minimum atomic E-state index is -3.78. The van der Waals surface area contributed by atoms with Gasteiger partial charge in [0.25, 0.3) is 0 Å². The third-order valence-corrected chi connectivity index (χ3v) is 5.14.